The molecule has 0 aliphatic heterocycles. The summed E-state index contributed by atoms with van der Waals surface area (Å²) in [7, 11) is 3.36. The summed E-state index contributed by atoms with van der Waals surface area (Å²) in [5.74, 6) is -0.0335. The highest BCUT2D eigenvalue weighted by atomic mass is 35.5. The number of carboxylic acid groups (broad SMARTS) is 1. The second-order valence-electron chi connectivity index (χ2n) is 4.29. The van der Waals surface area contributed by atoms with Crippen molar-refractivity contribution in [3.63, 3.8) is 0 Å². The molecule has 0 saturated heterocycles. The smallest absolute Gasteiger partial charge is 0.317 e. The van der Waals surface area contributed by atoms with Gasteiger partial charge in [-0.3, -0.25) is 9.69 Å². The van der Waals surface area contributed by atoms with E-state index in [1.54, 1.807) is 19.1 Å². The Bertz CT molecular complexity index is 423. The Morgan fingerprint density at radius 1 is 1.56 bits per heavy atom. The van der Waals surface area contributed by atoms with Gasteiger partial charge in [0.25, 0.3) is 0 Å². The summed E-state index contributed by atoms with van der Waals surface area (Å²) in [6.45, 7) is 2.42. The number of likely N-dealkylation sites (N-methyl/N-ethyl adjacent to an activating group) is 1. The van der Waals surface area contributed by atoms with Crippen LogP contribution < -0.4 is 4.74 Å². The first-order chi connectivity index (χ1) is 8.43. The van der Waals surface area contributed by atoms with Crippen LogP contribution in [0.2, 0.25) is 0 Å². The molecular weight excluding hydrogens is 254 g/mol. The standard InChI is InChI=1S/C13H18ClNO3/c1-9-6-10(4-5-12(9)18-3)11(14)7-15(2)8-13(16)17/h4-6,11H,7-8H2,1-3H3,(H,16,17). The highest BCUT2D eigenvalue weighted by Crippen LogP contribution is 2.26. The highest BCUT2D eigenvalue weighted by molar-refractivity contribution is 6.21. The van der Waals surface area contributed by atoms with Gasteiger partial charge in [-0.1, -0.05) is 12.1 Å². The van der Waals surface area contributed by atoms with Crippen LogP contribution in [0, 0.1) is 6.92 Å². The zero-order valence-corrected chi connectivity index (χ0v) is 11.6. The Balaban J connectivity index is 2.69. The lowest BCUT2D eigenvalue weighted by Gasteiger charge is -2.19. The number of hydrogen-bond donors (Lipinski definition) is 1. The van der Waals surface area contributed by atoms with E-state index in [0.29, 0.717) is 6.54 Å². The quantitative estimate of drug-likeness (QED) is 0.807. The van der Waals surface area contributed by atoms with Crippen LogP contribution in [0.1, 0.15) is 16.5 Å². The van der Waals surface area contributed by atoms with Gasteiger partial charge in [-0.2, -0.15) is 0 Å². The molecular formula is C13H18ClNO3. The molecule has 0 heterocycles. The number of carbonyl (C=O) groups is 1. The van der Waals surface area contributed by atoms with Gasteiger partial charge in [-0.15, -0.1) is 11.6 Å². The number of hydrogen-bond acceptors (Lipinski definition) is 3. The topological polar surface area (TPSA) is 49.8 Å². The van der Waals surface area contributed by atoms with Crippen LogP contribution in [0.15, 0.2) is 18.2 Å². The van der Waals surface area contributed by atoms with Crippen LogP contribution in [0.3, 0.4) is 0 Å². The predicted molar refractivity (Wildman–Crippen MR) is 71.5 cm³/mol. The monoisotopic (exact) mass is 271 g/mol. The van der Waals surface area contributed by atoms with Gasteiger partial charge in [-0.25, -0.2) is 0 Å². The maximum absolute atomic E-state index is 10.6. The largest absolute Gasteiger partial charge is 0.496 e. The van der Waals surface area contributed by atoms with Crippen molar-refractivity contribution < 1.29 is 14.6 Å². The van der Waals surface area contributed by atoms with Crippen LogP contribution in [0.25, 0.3) is 0 Å². The fourth-order valence-electron chi connectivity index (χ4n) is 1.77. The van der Waals surface area contributed by atoms with Gasteiger partial charge in [0.05, 0.1) is 19.0 Å². The minimum Gasteiger partial charge on any atom is -0.496 e. The Morgan fingerprint density at radius 2 is 2.22 bits per heavy atom. The third-order valence-corrected chi connectivity index (χ3v) is 3.05. The third-order valence-electron chi connectivity index (χ3n) is 2.66. The van der Waals surface area contributed by atoms with Gasteiger partial charge in [0, 0.05) is 6.54 Å². The molecule has 0 spiro atoms. The number of ether oxygens (including phenoxy) is 1. The number of carboxylic acids is 1. The van der Waals surface area contributed by atoms with Gasteiger partial charge in [0.1, 0.15) is 5.75 Å². The number of alkyl halides is 1. The molecule has 0 saturated carbocycles. The molecule has 100 valence electrons. The van der Waals surface area contributed by atoms with E-state index in [0.717, 1.165) is 16.9 Å². The van der Waals surface area contributed by atoms with E-state index in [1.165, 1.54) is 0 Å². The van der Waals surface area contributed by atoms with E-state index in [-0.39, 0.29) is 11.9 Å². The van der Waals surface area contributed by atoms with Crippen molar-refractivity contribution in [1.82, 2.24) is 4.90 Å². The first-order valence-electron chi connectivity index (χ1n) is 5.63. The summed E-state index contributed by atoms with van der Waals surface area (Å²) >= 11 is 6.28. The second-order valence-corrected chi connectivity index (χ2v) is 4.81. The van der Waals surface area contributed by atoms with Crippen molar-refractivity contribution in [2.45, 2.75) is 12.3 Å². The lowest BCUT2D eigenvalue weighted by atomic mass is 10.1. The van der Waals surface area contributed by atoms with Gasteiger partial charge >= 0.3 is 5.97 Å². The Morgan fingerprint density at radius 3 is 2.72 bits per heavy atom. The number of aryl methyl sites for hydroxylation is 1. The van der Waals surface area contributed by atoms with Gasteiger partial charge in [-0.05, 0) is 31.2 Å². The molecule has 0 bridgehead atoms. The normalized spacial score (nSPS) is 12.5. The van der Waals surface area contributed by atoms with Crippen LogP contribution in [-0.2, 0) is 4.79 Å². The number of benzene rings is 1. The number of nitrogens with zero attached hydrogens (tertiary/aromatic N) is 1. The lowest BCUT2D eigenvalue weighted by Crippen LogP contribution is -2.28. The molecule has 4 nitrogen and oxygen atoms in total. The zero-order chi connectivity index (χ0) is 13.7. The maximum atomic E-state index is 10.6. The van der Waals surface area contributed by atoms with E-state index in [4.69, 9.17) is 21.4 Å². The van der Waals surface area contributed by atoms with E-state index in [2.05, 4.69) is 0 Å². The van der Waals surface area contributed by atoms with Crippen LogP contribution in [0.5, 0.6) is 5.75 Å². The van der Waals surface area contributed by atoms with Crippen molar-refractivity contribution in [3.8, 4) is 5.75 Å². The number of aliphatic carboxylic acids is 1. The minimum atomic E-state index is -0.854. The fourth-order valence-corrected chi connectivity index (χ4v) is 2.14. The van der Waals surface area contributed by atoms with E-state index in [1.807, 2.05) is 25.1 Å². The second kappa shape index (κ2) is 6.61. The van der Waals surface area contributed by atoms with Crippen molar-refractivity contribution >= 4 is 17.6 Å². The molecule has 1 atom stereocenters. The summed E-state index contributed by atoms with van der Waals surface area (Å²) in [6, 6.07) is 5.74. The molecule has 1 aromatic rings. The summed E-state index contributed by atoms with van der Waals surface area (Å²) in [4.78, 5) is 12.2. The van der Waals surface area contributed by atoms with Gasteiger partial charge < -0.3 is 9.84 Å². The van der Waals surface area contributed by atoms with Crippen LogP contribution >= 0.6 is 11.6 Å². The average molecular weight is 272 g/mol. The molecule has 18 heavy (non-hydrogen) atoms. The van der Waals surface area contributed by atoms with Crippen LogP contribution in [-0.4, -0.2) is 43.2 Å². The van der Waals surface area contributed by atoms with E-state index < -0.39 is 5.97 Å². The predicted octanol–water partition coefficient (Wildman–Crippen LogP) is 2.30. The summed E-state index contributed by atoms with van der Waals surface area (Å²) in [5.41, 5.74) is 1.98. The molecule has 1 unspecified atom stereocenters. The molecule has 0 amide bonds. The number of rotatable bonds is 6. The molecule has 0 aromatic heterocycles. The highest BCUT2D eigenvalue weighted by Gasteiger charge is 2.14. The molecule has 5 heteroatoms. The van der Waals surface area contributed by atoms with Gasteiger partial charge in [0.2, 0.25) is 0 Å². The fraction of sp³-hybridized carbons (Fsp3) is 0.462. The van der Waals surface area contributed by atoms with E-state index >= 15 is 0 Å². The van der Waals surface area contributed by atoms with E-state index in [9.17, 15) is 4.79 Å². The van der Waals surface area contributed by atoms with Crippen molar-refractivity contribution in [2.75, 3.05) is 27.2 Å². The van der Waals surface area contributed by atoms with Crippen molar-refractivity contribution in [2.24, 2.45) is 0 Å². The van der Waals surface area contributed by atoms with Crippen molar-refractivity contribution in [1.29, 1.82) is 0 Å². The van der Waals surface area contributed by atoms with Crippen LogP contribution in [0.4, 0.5) is 0 Å². The Hall–Kier alpha value is -1.26. The third kappa shape index (κ3) is 4.20. The first kappa shape index (κ1) is 14.8. The van der Waals surface area contributed by atoms with Gasteiger partial charge in [0.15, 0.2) is 0 Å². The summed E-state index contributed by atoms with van der Waals surface area (Å²) < 4.78 is 5.18. The summed E-state index contributed by atoms with van der Waals surface area (Å²) in [5, 5.41) is 8.44. The number of halogens is 1. The maximum Gasteiger partial charge on any atom is 0.317 e. The summed E-state index contributed by atoms with van der Waals surface area (Å²) in [6.07, 6.45) is 0. The first-order valence-corrected chi connectivity index (χ1v) is 6.06. The molecule has 0 radical (unpaired) electrons. The minimum absolute atomic E-state index is 0.0155. The zero-order valence-electron chi connectivity index (χ0n) is 10.8. The molecule has 0 aliphatic carbocycles. The Kier molecular flexibility index (Phi) is 5.44. The molecule has 1 rings (SSSR count). The SMILES string of the molecule is COc1ccc(C(Cl)CN(C)CC(=O)O)cc1C. The van der Waals surface area contributed by atoms with Crippen molar-refractivity contribution in [3.05, 3.63) is 29.3 Å². The molecule has 1 aromatic carbocycles. The molecule has 0 fully saturated rings. The average Bonchev–Trinajstić information content (AvgIpc) is 2.27. The molecule has 1 N–H and O–H groups in total. The number of methoxy groups -OCH3 is 1. The lowest BCUT2D eigenvalue weighted by molar-refractivity contribution is -0.137. The molecule has 0 aliphatic rings. The Labute approximate surface area is 112 Å².